The summed E-state index contributed by atoms with van der Waals surface area (Å²) >= 11 is 0. The molecular weight excluding hydrogens is 174 g/mol. The molecule has 2 nitrogen and oxygen atoms in total. The molecule has 1 aromatic carbocycles. The maximum atomic E-state index is 9.28. The van der Waals surface area contributed by atoms with E-state index < -0.39 is 0 Å². The Labute approximate surface area is 82.9 Å². The summed E-state index contributed by atoms with van der Waals surface area (Å²) in [6.45, 7) is 0. The molecule has 14 heavy (non-hydrogen) atoms. The van der Waals surface area contributed by atoms with Crippen LogP contribution in [0, 0.1) is 0 Å². The minimum atomic E-state index is 0.316. The van der Waals surface area contributed by atoms with E-state index in [4.69, 9.17) is 0 Å². The number of nitrogens with zero attached hydrogens (tertiary/aromatic N) is 1. The molecule has 0 bridgehead atoms. The Bertz CT molecular complexity index is 412. The first-order valence-corrected chi connectivity index (χ1v) is 4.51. The highest BCUT2D eigenvalue weighted by Crippen LogP contribution is 2.14. The molecule has 2 aromatic rings. The van der Waals surface area contributed by atoms with Crippen molar-refractivity contribution in [1.29, 1.82) is 0 Å². The third-order valence-corrected chi connectivity index (χ3v) is 2.07. The van der Waals surface area contributed by atoms with Crippen LogP contribution in [-0.4, -0.2) is 10.1 Å². The van der Waals surface area contributed by atoms with Gasteiger partial charge in [0.15, 0.2) is 0 Å². The van der Waals surface area contributed by atoms with Crippen molar-refractivity contribution in [2.24, 2.45) is 0 Å². The number of rotatable bonds is 2. The van der Waals surface area contributed by atoms with Gasteiger partial charge in [-0.2, -0.15) is 0 Å². The zero-order chi connectivity index (χ0) is 9.80. The molecule has 0 unspecified atom stereocenters. The average Bonchev–Trinajstić information content (AvgIpc) is 2.19. The highest BCUT2D eigenvalue weighted by Gasteiger charge is 1.96. The third-order valence-electron chi connectivity index (χ3n) is 2.07. The van der Waals surface area contributed by atoms with E-state index in [9.17, 15) is 5.11 Å². The van der Waals surface area contributed by atoms with Crippen molar-refractivity contribution in [1.82, 2.24) is 4.98 Å². The second kappa shape index (κ2) is 3.92. The van der Waals surface area contributed by atoms with Gasteiger partial charge in [0.25, 0.3) is 0 Å². The Morgan fingerprint density at radius 3 is 2.50 bits per heavy atom. The van der Waals surface area contributed by atoms with Crippen LogP contribution in [0.15, 0.2) is 48.8 Å². The highest BCUT2D eigenvalue weighted by atomic mass is 16.3. The van der Waals surface area contributed by atoms with Crippen LogP contribution in [0.1, 0.15) is 11.1 Å². The highest BCUT2D eigenvalue weighted by molar-refractivity contribution is 5.31. The first-order chi connectivity index (χ1) is 6.84. The summed E-state index contributed by atoms with van der Waals surface area (Å²) < 4.78 is 0. The number of pyridine rings is 1. The summed E-state index contributed by atoms with van der Waals surface area (Å²) in [5.41, 5.74) is 2.31. The van der Waals surface area contributed by atoms with Gasteiger partial charge in [-0.05, 0) is 41.8 Å². The molecule has 2 rings (SSSR count). The second-order valence-corrected chi connectivity index (χ2v) is 3.20. The van der Waals surface area contributed by atoms with Crippen molar-refractivity contribution in [3.05, 3.63) is 59.9 Å². The number of hydrogen-bond acceptors (Lipinski definition) is 2. The van der Waals surface area contributed by atoms with Gasteiger partial charge in [0.1, 0.15) is 5.75 Å². The average molecular weight is 185 g/mol. The summed E-state index contributed by atoms with van der Waals surface area (Å²) in [5, 5.41) is 9.28. The van der Waals surface area contributed by atoms with Crippen LogP contribution in [0.2, 0.25) is 0 Å². The van der Waals surface area contributed by atoms with E-state index in [2.05, 4.69) is 4.98 Å². The van der Waals surface area contributed by atoms with E-state index in [1.54, 1.807) is 24.5 Å². The predicted molar refractivity (Wildman–Crippen MR) is 55.1 cm³/mol. The number of benzene rings is 1. The molecule has 0 aliphatic rings. The number of phenolic OH excluding ortho intramolecular Hbond substituents is 1. The van der Waals surface area contributed by atoms with Gasteiger partial charge in [0, 0.05) is 12.4 Å². The molecule has 2 heteroatoms. The molecule has 0 radical (unpaired) electrons. The summed E-state index contributed by atoms with van der Waals surface area (Å²) in [4.78, 5) is 3.96. The maximum absolute atomic E-state index is 9.28. The lowest BCUT2D eigenvalue weighted by atomic mass is 10.1. The van der Waals surface area contributed by atoms with Gasteiger partial charge in [0.2, 0.25) is 0 Å². The lowest BCUT2D eigenvalue weighted by Crippen LogP contribution is -1.87. The van der Waals surface area contributed by atoms with Gasteiger partial charge in [-0.15, -0.1) is 0 Å². The standard InChI is InChI=1S/C12H11NO/c14-12-3-1-2-11(9-12)8-10-4-6-13-7-5-10/h1-7,9,14H,8H2. The van der Waals surface area contributed by atoms with E-state index in [1.807, 2.05) is 24.3 Å². The van der Waals surface area contributed by atoms with Gasteiger partial charge in [0.05, 0.1) is 0 Å². The summed E-state index contributed by atoms with van der Waals surface area (Å²) in [6.07, 6.45) is 4.38. The molecule has 0 saturated heterocycles. The van der Waals surface area contributed by atoms with E-state index in [-0.39, 0.29) is 0 Å². The minimum Gasteiger partial charge on any atom is -0.508 e. The molecule has 0 aliphatic carbocycles. The van der Waals surface area contributed by atoms with E-state index in [0.717, 1.165) is 12.0 Å². The van der Waals surface area contributed by atoms with Crippen molar-refractivity contribution < 1.29 is 5.11 Å². The Morgan fingerprint density at radius 1 is 1.00 bits per heavy atom. The molecule has 0 amide bonds. The molecule has 0 saturated carbocycles. The lowest BCUT2D eigenvalue weighted by Gasteiger charge is -2.01. The van der Waals surface area contributed by atoms with Crippen molar-refractivity contribution in [2.45, 2.75) is 6.42 Å². The van der Waals surface area contributed by atoms with Crippen molar-refractivity contribution in [3.63, 3.8) is 0 Å². The number of aromatic nitrogens is 1. The molecule has 1 heterocycles. The summed E-state index contributed by atoms with van der Waals surface area (Å²) in [5.74, 6) is 0.316. The fourth-order valence-corrected chi connectivity index (χ4v) is 1.40. The third kappa shape index (κ3) is 2.10. The molecule has 0 spiro atoms. The van der Waals surface area contributed by atoms with Crippen LogP contribution in [0.3, 0.4) is 0 Å². The van der Waals surface area contributed by atoms with E-state index in [0.29, 0.717) is 5.75 Å². The van der Waals surface area contributed by atoms with Gasteiger partial charge in [-0.25, -0.2) is 0 Å². The molecule has 0 fully saturated rings. The van der Waals surface area contributed by atoms with Crippen LogP contribution in [0.25, 0.3) is 0 Å². The van der Waals surface area contributed by atoms with Crippen LogP contribution in [-0.2, 0) is 6.42 Å². The number of hydrogen-bond donors (Lipinski definition) is 1. The second-order valence-electron chi connectivity index (χ2n) is 3.20. The monoisotopic (exact) mass is 185 g/mol. The van der Waals surface area contributed by atoms with Gasteiger partial charge < -0.3 is 5.11 Å². The number of aromatic hydroxyl groups is 1. The largest absolute Gasteiger partial charge is 0.508 e. The molecule has 70 valence electrons. The smallest absolute Gasteiger partial charge is 0.115 e. The Balaban J connectivity index is 2.19. The molecule has 0 atom stereocenters. The first kappa shape index (κ1) is 8.75. The Hall–Kier alpha value is -1.83. The molecule has 0 aliphatic heterocycles. The first-order valence-electron chi connectivity index (χ1n) is 4.51. The zero-order valence-corrected chi connectivity index (χ0v) is 7.72. The van der Waals surface area contributed by atoms with E-state index >= 15 is 0 Å². The minimum absolute atomic E-state index is 0.316. The predicted octanol–water partition coefficient (Wildman–Crippen LogP) is 2.38. The van der Waals surface area contributed by atoms with Gasteiger partial charge >= 0.3 is 0 Å². The molecule has 1 N–H and O–H groups in total. The van der Waals surface area contributed by atoms with E-state index in [1.165, 1.54) is 5.56 Å². The van der Waals surface area contributed by atoms with Gasteiger partial charge in [-0.1, -0.05) is 12.1 Å². The fourth-order valence-electron chi connectivity index (χ4n) is 1.40. The zero-order valence-electron chi connectivity index (χ0n) is 7.72. The summed E-state index contributed by atoms with van der Waals surface area (Å²) in [6, 6.07) is 11.3. The SMILES string of the molecule is Oc1cccc(Cc2ccncc2)c1. The van der Waals surface area contributed by atoms with Crippen molar-refractivity contribution >= 4 is 0 Å². The maximum Gasteiger partial charge on any atom is 0.115 e. The fraction of sp³-hybridized carbons (Fsp3) is 0.0833. The lowest BCUT2D eigenvalue weighted by molar-refractivity contribution is 0.474. The topological polar surface area (TPSA) is 33.1 Å². The van der Waals surface area contributed by atoms with Crippen molar-refractivity contribution in [3.8, 4) is 5.75 Å². The normalized spacial score (nSPS) is 10.0. The Morgan fingerprint density at radius 2 is 1.79 bits per heavy atom. The summed E-state index contributed by atoms with van der Waals surface area (Å²) in [7, 11) is 0. The number of phenols is 1. The van der Waals surface area contributed by atoms with Gasteiger partial charge in [-0.3, -0.25) is 4.98 Å². The quantitative estimate of drug-likeness (QED) is 0.779. The van der Waals surface area contributed by atoms with Crippen molar-refractivity contribution in [2.75, 3.05) is 0 Å². The van der Waals surface area contributed by atoms with Crippen LogP contribution in [0.4, 0.5) is 0 Å². The van der Waals surface area contributed by atoms with Crippen LogP contribution < -0.4 is 0 Å². The molecule has 1 aromatic heterocycles. The molecular formula is C12H11NO. The Kier molecular flexibility index (Phi) is 2.45. The van der Waals surface area contributed by atoms with Crippen LogP contribution >= 0.6 is 0 Å². The van der Waals surface area contributed by atoms with Crippen LogP contribution in [0.5, 0.6) is 5.75 Å².